The first-order chi connectivity index (χ1) is 9.86. The second-order valence-electron chi connectivity index (χ2n) is 5.04. The van der Waals surface area contributed by atoms with Crippen LogP contribution in [0.4, 0.5) is 5.69 Å². The number of thiocarbonyl (C=S) groups is 1. The first kappa shape index (κ1) is 13.2. The summed E-state index contributed by atoms with van der Waals surface area (Å²) in [6, 6.07) is 7.57. The quantitative estimate of drug-likeness (QED) is 0.614. The third kappa shape index (κ3) is 2.84. The van der Waals surface area contributed by atoms with Gasteiger partial charge in [-0.1, -0.05) is 24.4 Å². The number of benzene rings is 1. The molecule has 0 atom stereocenters. The van der Waals surface area contributed by atoms with Gasteiger partial charge in [0.2, 0.25) is 11.7 Å². The summed E-state index contributed by atoms with van der Waals surface area (Å²) in [5, 5.41) is 6.43. The molecule has 1 aliphatic carbocycles. The topological polar surface area (TPSA) is 51.3 Å². The van der Waals surface area contributed by atoms with Crippen molar-refractivity contribution in [3.63, 3.8) is 0 Å². The van der Waals surface area contributed by atoms with E-state index in [0.717, 1.165) is 30.0 Å². The Morgan fingerprint density at radius 2 is 1.90 bits per heavy atom. The van der Waals surface area contributed by atoms with Gasteiger partial charge in [-0.2, -0.15) is 9.98 Å². The minimum atomic E-state index is 0.434. The van der Waals surface area contributed by atoms with Crippen LogP contribution in [0.3, 0.4) is 0 Å². The van der Waals surface area contributed by atoms with Crippen molar-refractivity contribution in [1.82, 2.24) is 10.1 Å². The minimum absolute atomic E-state index is 0.434. The molecule has 4 nitrogen and oxygen atoms in total. The van der Waals surface area contributed by atoms with Gasteiger partial charge in [-0.3, -0.25) is 0 Å². The van der Waals surface area contributed by atoms with Crippen molar-refractivity contribution in [2.24, 2.45) is 4.99 Å². The monoisotopic (exact) mass is 285 g/mol. The summed E-state index contributed by atoms with van der Waals surface area (Å²) in [5.74, 6) is 1.85. The van der Waals surface area contributed by atoms with Crippen molar-refractivity contribution in [3.8, 4) is 11.4 Å². The van der Waals surface area contributed by atoms with Crippen LogP contribution in [0.25, 0.3) is 11.4 Å². The number of aromatic nitrogens is 2. The molecule has 0 radical (unpaired) electrons. The van der Waals surface area contributed by atoms with Crippen molar-refractivity contribution in [2.75, 3.05) is 0 Å². The highest BCUT2D eigenvalue weighted by Gasteiger charge is 2.21. The lowest BCUT2D eigenvalue weighted by Crippen LogP contribution is -2.04. The lowest BCUT2D eigenvalue weighted by atomic mass is 9.89. The summed E-state index contributed by atoms with van der Waals surface area (Å²) in [6.45, 7) is 0. The lowest BCUT2D eigenvalue weighted by Gasteiger charge is -2.17. The Bertz CT molecular complexity index is 623. The maximum atomic E-state index is 5.42. The number of rotatable bonds is 3. The third-order valence-electron chi connectivity index (χ3n) is 3.70. The lowest BCUT2D eigenvalue weighted by molar-refractivity contribution is 0.314. The molecule has 1 aromatic heterocycles. The van der Waals surface area contributed by atoms with Crippen LogP contribution in [-0.2, 0) is 0 Å². The maximum Gasteiger partial charge on any atom is 0.230 e. The molecule has 1 fully saturated rings. The van der Waals surface area contributed by atoms with Crippen LogP contribution in [0.1, 0.15) is 43.9 Å². The van der Waals surface area contributed by atoms with Gasteiger partial charge in [0, 0.05) is 11.5 Å². The van der Waals surface area contributed by atoms with Gasteiger partial charge in [-0.15, -0.1) is 0 Å². The highest BCUT2D eigenvalue weighted by atomic mass is 32.1. The molecule has 102 valence electrons. The van der Waals surface area contributed by atoms with Crippen LogP contribution < -0.4 is 0 Å². The molecule has 0 saturated heterocycles. The van der Waals surface area contributed by atoms with E-state index in [2.05, 4.69) is 32.5 Å². The number of isothiocyanates is 1. The van der Waals surface area contributed by atoms with E-state index in [1.54, 1.807) is 0 Å². The fourth-order valence-corrected chi connectivity index (χ4v) is 2.71. The molecule has 5 heteroatoms. The molecule has 0 aliphatic heterocycles. The maximum absolute atomic E-state index is 5.42. The van der Waals surface area contributed by atoms with Crippen molar-refractivity contribution in [2.45, 2.75) is 38.0 Å². The highest BCUT2D eigenvalue weighted by molar-refractivity contribution is 7.78. The van der Waals surface area contributed by atoms with Gasteiger partial charge in [0.1, 0.15) is 0 Å². The summed E-state index contributed by atoms with van der Waals surface area (Å²) in [7, 11) is 0. The Morgan fingerprint density at radius 1 is 1.15 bits per heavy atom. The van der Waals surface area contributed by atoms with Crippen molar-refractivity contribution in [3.05, 3.63) is 30.2 Å². The van der Waals surface area contributed by atoms with Crippen LogP contribution in [-0.4, -0.2) is 15.3 Å². The van der Waals surface area contributed by atoms with E-state index >= 15 is 0 Å². The smallest absolute Gasteiger partial charge is 0.230 e. The van der Waals surface area contributed by atoms with Crippen LogP contribution in [0.15, 0.2) is 33.8 Å². The normalized spacial score (nSPS) is 15.8. The fraction of sp³-hybridized carbons (Fsp3) is 0.400. The van der Waals surface area contributed by atoms with E-state index in [1.165, 1.54) is 19.3 Å². The largest absolute Gasteiger partial charge is 0.339 e. The summed E-state index contributed by atoms with van der Waals surface area (Å²) in [6.07, 6.45) is 6.15. The summed E-state index contributed by atoms with van der Waals surface area (Å²) in [5.41, 5.74) is 1.71. The van der Waals surface area contributed by atoms with E-state index in [1.807, 2.05) is 24.3 Å². The average Bonchev–Trinajstić information content (AvgIpc) is 2.99. The Kier molecular flexibility index (Phi) is 4.00. The van der Waals surface area contributed by atoms with Gasteiger partial charge in [-0.05, 0) is 49.3 Å². The Hall–Kier alpha value is -1.84. The molecule has 0 spiro atoms. The molecule has 0 bridgehead atoms. The number of nitrogens with zero attached hydrogens (tertiary/aromatic N) is 3. The SMILES string of the molecule is S=C=Nc1ccc(-c2noc(C3CCCCC3)n2)cc1. The molecule has 20 heavy (non-hydrogen) atoms. The molecule has 1 saturated carbocycles. The second kappa shape index (κ2) is 6.07. The van der Waals surface area contributed by atoms with E-state index in [4.69, 9.17) is 4.52 Å². The molecule has 0 unspecified atom stereocenters. The van der Waals surface area contributed by atoms with Crippen LogP contribution in [0, 0.1) is 0 Å². The van der Waals surface area contributed by atoms with Crippen LogP contribution >= 0.6 is 12.2 Å². The first-order valence-electron chi connectivity index (χ1n) is 6.89. The minimum Gasteiger partial charge on any atom is -0.339 e. The Balaban J connectivity index is 1.80. The van der Waals surface area contributed by atoms with Gasteiger partial charge in [0.05, 0.1) is 10.8 Å². The predicted octanol–water partition coefficient (Wildman–Crippen LogP) is 4.52. The molecule has 1 aliphatic rings. The summed E-state index contributed by atoms with van der Waals surface area (Å²) in [4.78, 5) is 8.46. The van der Waals surface area contributed by atoms with Gasteiger partial charge in [0.15, 0.2) is 0 Å². The average molecular weight is 285 g/mol. The Morgan fingerprint density at radius 3 is 2.60 bits per heavy atom. The van der Waals surface area contributed by atoms with Crippen LogP contribution in [0.2, 0.25) is 0 Å². The van der Waals surface area contributed by atoms with Crippen molar-refractivity contribution < 1.29 is 4.52 Å². The standard InChI is InChI=1S/C15H15N3OS/c20-10-16-13-8-6-11(7-9-13)14-17-15(19-18-14)12-4-2-1-3-5-12/h6-9,12H,1-5H2. The zero-order valence-corrected chi connectivity index (χ0v) is 11.9. The summed E-state index contributed by atoms with van der Waals surface area (Å²) >= 11 is 4.58. The molecular weight excluding hydrogens is 270 g/mol. The number of aliphatic imine (C=N–C) groups is 1. The molecule has 0 amide bonds. The zero-order chi connectivity index (χ0) is 13.8. The molecule has 1 heterocycles. The molecular formula is C15H15N3OS. The van der Waals surface area contributed by atoms with Gasteiger partial charge >= 0.3 is 0 Å². The summed E-state index contributed by atoms with van der Waals surface area (Å²) < 4.78 is 5.42. The van der Waals surface area contributed by atoms with Crippen LogP contribution in [0.5, 0.6) is 0 Å². The molecule has 2 aromatic rings. The van der Waals surface area contributed by atoms with Crippen molar-refractivity contribution >= 4 is 23.1 Å². The fourth-order valence-electron chi connectivity index (χ4n) is 2.61. The van der Waals surface area contributed by atoms with E-state index in [9.17, 15) is 0 Å². The van der Waals surface area contributed by atoms with Gasteiger partial charge in [-0.25, -0.2) is 0 Å². The highest BCUT2D eigenvalue weighted by Crippen LogP contribution is 2.32. The predicted molar refractivity (Wildman–Crippen MR) is 80.2 cm³/mol. The van der Waals surface area contributed by atoms with Crippen molar-refractivity contribution in [1.29, 1.82) is 0 Å². The second-order valence-corrected chi connectivity index (χ2v) is 5.22. The molecule has 1 aromatic carbocycles. The zero-order valence-electron chi connectivity index (χ0n) is 11.1. The first-order valence-corrected chi connectivity index (χ1v) is 7.29. The van der Waals surface area contributed by atoms with E-state index in [0.29, 0.717) is 11.7 Å². The molecule has 3 rings (SSSR count). The number of hydrogen-bond acceptors (Lipinski definition) is 5. The van der Waals surface area contributed by atoms with Gasteiger partial charge in [0.25, 0.3) is 0 Å². The third-order valence-corrected chi connectivity index (χ3v) is 3.79. The Labute approximate surface area is 122 Å². The number of hydrogen-bond donors (Lipinski definition) is 0. The van der Waals surface area contributed by atoms with E-state index < -0.39 is 0 Å². The molecule has 0 N–H and O–H groups in total. The van der Waals surface area contributed by atoms with Gasteiger partial charge < -0.3 is 4.52 Å². The van der Waals surface area contributed by atoms with E-state index in [-0.39, 0.29) is 0 Å².